The predicted molar refractivity (Wildman–Crippen MR) is 98.1 cm³/mol. The molecule has 4 nitrogen and oxygen atoms in total. The summed E-state index contributed by atoms with van der Waals surface area (Å²) in [6, 6.07) is 16.8. The summed E-state index contributed by atoms with van der Waals surface area (Å²) in [5.41, 5.74) is 2.52. The van der Waals surface area contributed by atoms with Gasteiger partial charge in [0.05, 0.1) is 16.1 Å². The van der Waals surface area contributed by atoms with Crippen LogP contribution in [0.15, 0.2) is 74.8 Å². The quantitative estimate of drug-likeness (QED) is 0.486. The van der Waals surface area contributed by atoms with Crippen molar-refractivity contribution in [1.82, 2.24) is 4.98 Å². The Bertz CT molecular complexity index is 1140. The highest BCUT2D eigenvalue weighted by Gasteiger charge is 2.11. The fourth-order valence-electron chi connectivity index (χ4n) is 2.55. The van der Waals surface area contributed by atoms with E-state index in [1.54, 1.807) is 12.1 Å². The van der Waals surface area contributed by atoms with Crippen LogP contribution in [0.4, 0.5) is 14.5 Å². The zero-order valence-corrected chi connectivity index (χ0v) is 14.1. The number of benzene rings is 3. The van der Waals surface area contributed by atoms with E-state index in [4.69, 9.17) is 4.42 Å². The average Bonchev–Trinajstić information content (AvgIpc) is 3.00. The number of aromatic nitrogens is 1. The van der Waals surface area contributed by atoms with E-state index in [1.807, 2.05) is 30.3 Å². The summed E-state index contributed by atoms with van der Waals surface area (Å²) in [4.78, 5) is 13.8. The van der Waals surface area contributed by atoms with E-state index in [0.29, 0.717) is 0 Å². The first-order chi connectivity index (χ1) is 12.6. The summed E-state index contributed by atoms with van der Waals surface area (Å²) < 4.78 is 36.0. The number of anilines is 1. The lowest BCUT2D eigenvalue weighted by atomic mass is 10.1. The smallest absolute Gasteiger partial charge is 0.408 e. The van der Waals surface area contributed by atoms with Crippen molar-refractivity contribution >= 4 is 28.7 Å². The first-order valence-electron chi connectivity index (χ1n) is 7.70. The molecular formula is C19H12F2N2O2S. The monoisotopic (exact) mass is 370 g/mol. The third kappa shape index (κ3) is 3.21. The maximum atomic E-state index is 14.2. The molecule has 0 atom stereocenters. The van der Waals surface area contributed by atoms with E-state index in [1.165, 1.54) is 18.2 Å². The number of H-pyrrole nitrogens is 1. The molecular weight excluding hydrogens is 358 g/mol. The van der Waals surface area contributed by atoms with Crippen LogP contribution in [0, 0.1) is 11.6 Å². The predicted octanol–water partition coefficient (Wildman–Crippen LogP) is 5.19. The molecule has 0 radical (unpaired) electrons. The minimum absolute atomic E-state index is 0.185. The molecule has 0 spiro atoms. The van der Waals surface area contributed by atoms with Gasteiger partial charge in [0.25, 0.3) is 0 Å². The zero-order chi connectivity index (χ0) is 18.1. The highest BCUT2D eigenvalue weighted by atomic mass is 32.2. The van der Waals surface area contributed by atoms with Crippen LogP contribution in [0.1, 0.15) is 0 Å². The van der Waals surface area contributed by atoms with Gasteiger partial charge in [0, 0.05) is 12.1 Å². The topological polar surface area (TPSA) is 58.0 Å². The zero-order valence-electron chi connectivity index (χ0n) is 13.3. The second kappa shape index (κ2) is 6.68. The number of fused-ring (bicyclic) bond motifs is 1. The first-order valence-corrected chi connectivity index (χ1v) is 8.52. The summed E-state index contributed by atoms with van der Waals surface area (Å²) in [5, 5.41) is 0. The molecule has 0 amide bonds. The number of hydrogen-bond acceptors (Lipinski definition) is 4. The fraction of sp³-hybridized carbons (Fsp3) is 0. The molecule has 0 saturated heterocycles. The van der Waals surface area contributed by atoms with E-state index in [0.717, 1.165) is 23.1 Å². The average molecular weight is 370 g/mol. The Morgan fingerprint density at radius 2 is 1.73 bits per heavy atom. The third-order valence-electron chi connectivity index (χ3n) is 3.82. The highest BCUT2D eigenvalue weighted by Crippen LogP contribution is 2.30. The largest absolute Gasteiger partial charge is 0.417 e. The molecule has 0 bridgehead atoms. The Kier molecular flexibility index (Phi) is 4.22. The Hall–Kier alpha value is -3.06. The summed E-state index contributed by atoms with van der Waals surface area (Å²) >= 11 is 0.901. The SMILES string of the molecule is O=c1[nH]c2cc(F)c(SNc3cc(-c4ccccc4)ccc3F)cc2o1. The van der Waals surface area contributed by atoms with E-state index in [-0.39, 0.29) is 21.7 Å². The Balaban J connectivity index is 1.62. The van der Waals surface area contributed by atoms with E-state index in [9.17, 15) is 13.6 Å². The number of aromatic amines is 1. The van der Waals surface area contributed by atoms with Gasteiger partial charge >= 0.3 is 5.76 Å². The van der Waals surface area contributed by atoms with Gasteiger partial charge in [-0.05, 0) is 35.2 Å². The maximum Gasteiger partial charge on any atom is 0.417 e. The molecule has 26 heavy (non-hydrogen) atoms. The van der Waals surface area contributed by atoms with Crippen molar-refractivity contribution in [1.29, 1.82) is 0 Å². The minimum Gasteiger partial charge on any atom is -0.408 e. The maximum absolute atomic E-state index is 14.2. The molecule has 2 N–H and O–H groups in total. The molecule has 1 heterocycles. The van der Waals surface area contributed by atoms with Crippen molar-refractivity contribution in [3.05, 3.63) is 82.8 Å². The van der Waals surface area contributed by atoms with Gasteiger partial charge < -0.3 is 9.14 Å². The molecule has 7 heteroatoms. The molecule has 0 aliphatic rings. The molecule has 4 rings (SSSR count). The van der Waals surface area contributed by atoms with E-state index >= 15 is 0 Å². The van der Waals surface area contributed by atoms with Gasteiger partial charge in [-0.1, -0.05) is 36.4 Å². The molecule has 3 aromatic carbocycles. The number of hydrogen-bond donors (Lipinski definition) is 2. The summed E-state index contributed by atoms with van der Waals surface area (Å²) in [5.74, 6) is -1.66. The normalized spacial score (nSPS) is 11.0. The van der Waals surface area contributed by atoms with Gasteiger partial charge in [0.15, 0.2) is 5.58 Å². The molecule has 1 aromatic heterocycles. The molecule has 130 valence electrons. The van der Waals surface area contributed by atoms with Gasteiger partial charge in [-0.25, -0.2) is 13.6 Å². The van der Waals surface area contributed by atoms with E-state index in [2.05, 4.69) is 9.71 Å². The van der Waals surface area contributed by atoms with Crippen LogP contribution in [-0.4, -0.2) is 4.98 Å². The van der Waals surface area contributed by atoms with E-state index < -0.39 is 17.4 Å². The lowest BCUT2D eigenvalue weighted by Gasteiger charge is -2.10. The number of oxazole rings is 1. The summed E-state index contributed by atoms with van der Waals surface area (Å²) in [7, 11) is 0. The van der Waals surface area contributed by atoms with Crippen molar-refractivity contribution in [2.45, 2.75) is 4.90 Å². The van der Waals surface area contributed by atoms with Crippen LogP contribution < -0.4 is 10.5 Å². The van der Waals surface area contributed by atoms with Gasteiger partial charge in [-0.15, -0.1) is 0 Å². The van der Waals surface area contributed by atoms with Crippen LogP contribution in [-0.2, 0) is 0 Å². The number of halogens is 2. The molecule has 4 aromatic rings. The van der Waals surface area contributed by atoms with Crippen LogP contribution >= 0.6 is 11.9 Å². The summed E-state index contributed by atoms with van der Waals surface area (Å²) in [6.07, 6.45) is 0. The van der Waals surface area contributed by atoms with Crippen molar-refractivity contribution in [2.24, 2.45) is 0 Å². The van der Waals surface area contributed by atoms with Gasteiger partial charge in [-0.2, -0.15) is 0 Å². The van der Waals surface area contributed by atoms with Crippen molar-refractivity contribution in [3.63, 3.8) is 0 Å². The lowest BCUT2D eigenvalue weighted by Crippen LogP contribution is -1.94. The number of rotatable bonds is 4. The number of nitrogens with one attached hydrogen (secondary N) is 2. The molecule has 0 unspecified atom stereocenters. The van der Waals surface area contributed by atoms with Crippen molar-refractivity contribution < 1.29 is 13.2 Å². The Morgan fingerprint density at radius 1 is 0.923 bits per heavy atom. The summed E-state index contributed by atoms with van der Waals surface area (Å²) in [6.45, 7) is 0. The van der Waals surface area contributed by atoms with Crippen molar-refractivity contribution in [2.75, 3.05) is 4.72 Å². The van der Waals surface area contributed by atoms with Crippen LogP contribution in [0.5, 0.6) is 0 Å². The second-order valence-corrected chi connectivity index (χ2v) is 6.41. The van der Waals surface area contributed by atoms with Crippen LogP contribution in [0.3, 0.4) is 0 Å². The third-order valence-corrected chi connectivity index (χ3v) is 4.67. The van der Waals surface area contributed by atoms with Crippen LogP contribution in [0.25, 0.3) is 22.2 Å². The molecule has 0 aliphatic heterocycles. The minimum atomic E-state index is -0.656. The van der Waals surface area contributed by atoms with Gasteiger partial charge in [-0.3, -0.25) is 4.98 Å². The first kappa shape index (κ1) is 16.4. The second-order valence-electron chi connectivity index (χ2n) is 5.56. The Labute approximate surface area is 151 Å². The van der Waals surface area contributed by atoms with Crippen LogP contribution in [0.2, 0.25) is 0 Å². The van der Waals surface area contributed by atoms with Gasteiger partial charge in [0.1, 0.15) is 11.6 Å². The fourth-order valence-corrected chi connectivity index (χ4v) is 3.25. The molecule has 0 fully saturated rings. The molecule has 0 saturated carbocycles. The van der Waals surface area contributed by atoms with Gasteiger partial charge in [0.2, 0.25) is 0 Å². The lowest BCUT2D eigenvalue weighted by molar-refractivity contribution is 0.552. The van der Waals surface area contributed by atoms with Crippen molar-refractivity contribution in [3.8, 4) is 11.1 Å². The highest BCUT2D eigenvalue weighted by molar-refractivity contribution is 8.00. The Morgan fingerprint density at radius 3 is 2.54 bits per heavy atom. The molecule has 0 aliphatic carbocycles. The standard InChI is InChI=1S/C19H12F2N2O2S/c20-13-7-6-12(11-4-2-1-3-5-11)8-15(13)23-26-18-10-17-16(9-14(18)21)22-19(24)25-17/h1-10,23H,(H,22,24).